The van der Waals surface area contributed by atoms with Crippen molar-refractivity contribution in [2.75, 3.05) is 11.9 Å². The van der Waals surface area contributed by atoms with E-state index in [4.69, 9.17) is 5.11 Å². The van der Waals surface area contributed by atoms with Crippen LogP contribution in [0.3, 0.4) is 0 Å². The molecule has 4 nitrogen and oxygen atoms in total. The minimum atomic E-state index is -0.877. The van der Waals surface area contributed by atoms with Gasteiger partial charge in [-0.05, 0) is 12.5 Å². The van der Waals surface area contributed by atoms with Crippen molar-refractivity contribution in [3.63, 3.8) is 0 Å². The van der Waals surface area contributed by atoms with Crippen LogP contribution in [0.5, 0.6) is 0 Å². The molecule has 162 valence electrons. The average Bonchev–Trinajstić information content (AvgIpc) is 3.05. The van der Waals surface area contributed by atoms with E-state index in [0.717, 1.165) is 18.7 Å². The highest BCUT2D eigenvalue weighted by atomic mass is 16.4. The highest BCUT2D eigenvalue weighted by Gasteiger charge is 2.09. The molecule has 1 heterocycles. The van der Waals surface area contributed by atoms with Gasteiger partial charge in [-0.1, -0.05) is 103 Å². The van der Waals surface area contributed by atoms with Gasteiger partial charge in [0.2, 0.25) is 0 Å². The third-order valence-corrected chi connectivity index (χ3v) is 5.58. The van der Waals surface area contributed by atoms with Crippen LogP contribution >= 0.6 is 0 Å². The lowest BCUT2D eigenvalue weighted by Gasteiger charge is -2.05. The summed E-state index contributed by atoms with van der Waals surface area (Å²) < 4.78 is 1.65. The zero-order valence-electron chi connectivity index (χ0n) is 18.5. The lowest BCUT2D eigenvalue weighted by molar-refractivity contribution is 0.0686. The van der Waals surface area contributed by atoms with E-state index >= 15 is 0 Å². The van der Waals surface area contributed by atoms with Crippen LogP contribution in [0.15, 0.2) is 12.3 Å². The summed E-state index contributed by atoms with van der Waals surface area (Å²) in [6, 6.07) is 1.70. The third-order valence-electron chi connectivity index (χ3n) is 5.58. The smallest absolute Gasteiger partial charge is 0.352 e. The molecule has 1 aromatic rings. The monoisotopic (exact) mass is 392 g/mol. The van der Waals surface area contributed by atoms with E-state index in [0.29, 0.717) is 5.69 Å². The van der Waals surface area contributed by atoms with Crippen LogP contribution in [-0.4, -0.2) is 22.2 Å². The number of carboxylic acid groups (broad SMARTS) is 1. The number of hydrogen-bond acceptors (Lipinski definition) is 2. The topological polar surface area (TPSA) is 54.3 Å². The molecular weight excluding hydrogens is 348 g/mol. The highest BCUT2D eigenvalue weighted by Crippen LogP contribution is 2.15. The summed E-state index contributed by atoms with van der Waals surface area (Å²) in [4.78, 5) is 11.0. The van der Waals surface area contributed by atoms with Crippen molar-refractivity contribution in [1.82, 2.24) is 4.57 Å². The van der Waals surface area contributed by atoms with Crippen molar-refractivity contribution in [2.24, 2.45) is 7.05 Å². The van der Waals surface area contributed by atoms with Gasteiger partial charge in [-0.25, -0.2) is 4.79 Å². The number of aromatic carboxylic acids is 1. The number of aryl methyl sites for hydroxylation is 1. The Labute approximate surface area is 173 Å². The second-order valence-corrected chi connectivity index (χ2v) is 8.26. The molecule has 0 saturated heterocycles. The molecule has 4 heteroatoms. The van der Waals surface area contributed by atoms with Crippen molar-refractivity contribution < 1.29 is 9.90 Å². The molecule has 0 fully saturated rings. The maximum Gasteiger partial charge on any atom is 0.352 e. The van der Waals surface area contributed by atoms with Crippen molar-refractivity contribution in [3.05, 3.63) is 18.0 Å². The van der Waals surface area contributed by atoms with Gasteiger partial charge >= 0.3 is 5.97 Å². The largest absolute Gasteiger partial charge is 0.477 e. The second kappa shape index (κ2) is 16.5. The van der Waals surface area contributed by atoms with Gasteiger partial charge < -0.3 is 15.0 Å². The summed E-state index contributed by atoms with van der Waals surface area (Å²) in [6.45, 7) is 3.20. The molecule has 28 heavy (non-hydrogen) atoms. The number of unbranched alkanes of at least 4 members (excludes halogenated alkanes) is 15. The van der Waals surface area contributed by atoms with Gasteiger partial charge in [-0.3, -0.25) is 0 Å². The van der Waals surface area contributed by atoms with Crippen molar-refractivity contribution in [3.8, 4) is 0 Å². The Kier molecular flexibility index (Phi) is 14.5. The lowest BCUT2D eigenvalue weighted by atomic mass is 10.0. The first kappa shape index (κ1) is 24.6. The van der Waals surface area contributed by atoms with Crippen LogP contribution in [0.4, 0.5) is 5.69 Å². The molecule has 0 spiro atoms. The van der Waals surface area contributed by atoms with Crippen LogP contribution < -0.4 is 5.32 Å². The zero-order chi connectivity index (χ0) is 20.5. The number of carbonyl (C=O) groups is 1. The molecule has 0 aliphatic carbocycles. The van der Waals surface area contributed by atoms with Crippen molar-refractivity contribution in [1.29, 1.82) is 0 Å². The number of carboxylic acids is 1. The number of nitrogens with zero attached hydrogens (tertiary/aromatic N) is 1. The van der Waals surface area contributed by atoms with Gasteiger partial charge in [0.15, 0.2) is 0 Å². The minimum Gasteiger partial charge on any atom is -0.477 e. The van der Waals surface area contributed by atoms with E-state index in [1.807, 2.05) is 6.20 Å². The van der Waals surface area contributed by atoms with E-state index in [1.54, 1.807) is 17.7 Å². The van der Waals surface area contributed by atoms with E-state index in [-0.39, 0.29) is 0 Å². The van der Waals surface area contributed by atoms with Crippen LogP contribution in [-0.2, 0) is 7.05 Å². The summed E-state index contributed by atoms with van der Waals surface area (Å²) >= 11 is 0. The van der Waals surface area contributed by atoms with Crippen LogP contribution in [0, 0.1) is 0 Å². The number of anilines is 1. The van der Waals surface area contributed by atoms with Crippen molar-refractivity contribution in [2.45, 2.75) is 110 Å². The second-order valence-electron chi connectivity index (χ2n) is 8.26. The quantitative estimate of drug-likeness (QED) is 0.241. The lowest BCUT2D eigenvalue weighted by Crippen LogP contribution is -2.02. The van der Waals surface area contributed by atoms with E-state index in [1.165, 1.54) is 96.3 Å². The predicted octanol–water partition coefficient (Wildman–Crippen LogP) is 7.40. The first-order valence-corrected chi connectivity index (χ1v) is 11.8. The Bertz CT molecular complexity index is 511. The maximum atomic E-state index is 11.0. The molecule has 0 radical (unpaired) electrons. The van der Waals surface area contributed by atoms with Gasteiger partial charge in [-0.2, -0.15) is 0 Å². The normalized spacial score (nSPS) is 11.1. The summed E-state index contributed by atoms with van der Waals surface area (Å²) in [6.07, 6.45) is 23.9. The third kappa shape index (κ3) is 12.1. The fourth-order valence-electron chi connectivity index (χ4n) is 3.78. The van der Waals surface area contributed by atoms with Gasteiger partial charge in [0.1, 0.15) is 5.69 Å². The van der Waals surface area contributed by atoms with Gasteiger partial charge in [0.05, 0.1) is 5.69 Å². The van der Waals surface area contributed by atoms with Gasteiger partial charge in [0.25, 0.3) is 0 Å². The maximum absolute atomic E-state index is 11.0. The van der Waals surface area contributed by atoms with E-state index in [2.05, 4.69) is 12.2 Å². The standard InChI is InChI=1S/C24H44N2O2/c1-3-4-5-6-7-8-9-10-11-12-13-14-15-16-17-18-19-25-22-20-23(24(27)28)26(2)21-22/h20-21,25H,3-19H2,1-2H3,(H,27,28). The van der Waals surface area contributed by atoms with Crippen molar-refractivity contribution >= 4 is 11.7 Å². The molecule has 2 N–H and O–H groups in total. The molecule has 0 aliphatic heterocycles. The fourth-order valence-corrected chi connectivity index (χ4v) is 3.78. The SMILES string of the molecule is CCCCCCCCCCCCCCCCCCNc1cc(C(=O)O)n(C)c1. The summed E-state index contributed by atoms with van der Waals surface area (Å²) in [5.41, 5.74) is 1.23. The molecule has 0 saturated carbocycles. The number of rotatable bonds is 19. The molecule has 0 aromatic carbocycles. The van der Waals surface area contributed by atoms with Gasteiger partial charge in [-0.15, -0.1) is 0 Å². The van der Waals surface area contributed by atoms with Gasteiger partial charge in [0, 0.05) is 19.8 Å². The Balaban J connectivity index is 1.81. The molecule has 0 unspecified atom stereocenters. The van der Waals surface area contributed by atoms with Crippen LogP contribution in [0.2, 0.25) is 0 Å². The Morgan fingerprint density at radius 1 is 0.821 bits per heavy atom. The Morgan fingerprint density at radius 2 is 1.25 bits per heavy atom. The molecule has 1 aromatic heterocycles. The minimum absolute atomic E-state index is 0.328. The predicted molar refractivity (Wildman–Crippen MR) is 120 cm³/mol. The number of nitrogens with one attached hydrogen (secondary N) is 1. The molecule has 0 bridgehead atoms. The summed E-state index contributed by atoms with van der Waals surface area (Å²) in [5.74, 6) is -0.877. The van der Waals surface area contributed by atoms with Crippen LogP contribution in [0.1, 0.15) is 120 Å². The van der Waals surface area contributed by atoms with E-state index < -0.39 is 5.97 Å². The molecular formula is C24H44N2O2. The Hall–Kier alpha value is -1.45. The average molecular weight is 393 g/mol. The summed E-state index contributed by atoms with van der Waals surface area (Å²) in [7, 11) is 1.77. The highest BCUT2D eigenvalue weighted by molar-refractivity contribution is 5.87. The summed E-state index contributed by atoms with van der Waals surface area (Å²) in [5, 5.41) is 12.4. The first-order valence-electron chi connectivity index (χ1n) is 11.8. The first-order chi connectivity index (χ1) is 13.6. The molecule has 0 amide bonds. The van der Waals surface area contributed by atoms with Crippen LogP contribution in [0.25, 0.3) is 0 Å². The molecule has 0 atom stereocenters. The zero-order valence-corrected chi connectivity index (χ0v) is 18.5. The van der Waals surface area contributed by atoms with E-state index in [9.17, 15) is 4.79 Å². The Morgan fingerprint density at radius 3 is 1.64 bits per heavy atom. The number of aromatic nitrogens is 1. The molecule has 1 rings (SSSR count). The fraction of sp³-hybridized carbons (Fsp3) is 0.792. The number of hydrogen-bond donors (Lipinski definition) is 2. The molecule has 0 aliphatic rings.